The van der Waals surface area contributed by atoms with Crippen molar-refractivity contribution in [3.05, 3.63) is 11.6 Å². The van der Waals surface area contributed by atoms with Gasteiger partial charge in [-0.2, -0.15) is 5.10 Å². The summed E-state index contributed by atoms with van der Waals surface area (Å²) >= 11 is 0. The molecule has 0 spiro atoms. The number of aryl methyl sites for hydroxylation is 1. The number of hydrogen-bond acceptors (Lipinski definition) is 5. The number of nitrogens with one attached hydrogen (secondary N) is 1. The summed E-state index contributed by atoms with van der Waals surface area (Å²) in [5, 5.41) is 7.08. The number of aromatic nitrogens is 3. The van der Waals surface area contributed by atoms with Crippen molar-refractivity contribution in [3.63, 3.8) is 0 Å². The van der Waals surface area contributed by atoms with Crippen LogP contribution in [0.5, 0.6) is 0 Å². The average molecular weight is 266 g/mol. The standard InChI is InChI=1S/C13H22N4O2/c1-10-14-13(16-15-10)12-9-17(5-7-19-12)8-11-4-2-3-6-18-11/h11-12H,2-9H2,1H3,(H,14,15,16)/t11-,12+/m0/s1. The molecule has 6 nitrogen and oxygen atoms in total. The van der Waals surface area contributed by atoms with E-state index in [2.05, 4.69) is 20.1 Å². The maximum Gasteiger partial charge on any atom is 0.180 e. The molecule has 0 radical (unpaired) electrons. The van der Waals surface area contributed by atoms with Crippen molar-refractivity contribution in [2.24, 2.45) is 0 Å². The molecule has 0 saturated carbocycles. The predicted molar refractivity (Wildman–Crippen MR) is 69.8 cm³/mol. The van der Waals surface area contributed by atoms with Gasteiger partial charge in [0.2, 0.25) is 0 Å². The normalized spacial score (nSPS) is 29.5. The molecule has 1 N–H and O–H groups in total. The van der Waals surface area contributed by atoms with E-state index in [4.69, 9.17) is 9.47 Å². The van der Waals surface area contributed by atoms with Crippen LogP contribution < -0.4 is 0 Å². The second-order valence-electron chi connectivity index (χ2n) is 5.39. The molecule has 2 aliphatic heterocycles. The Morgan fingerprint density at radius 2 is 2.26 bits per heavy atom. The van der Waals surface area contributed by atoms with Gasteiger partial charge in [-0.1, -0.05) is 0 Å². The van der Waals surface area contributed by atoms with Crippen molar-refractivity contribution in [1.29, 1.82) is 0 Å². The van der Waals surface area contributed by atoms with Crippen LogP contribution in [0.25, 0.3) is 0 Å². The molecular weight excluding hydrogens is 244 g/mol. The lowest BCUT2D eigenvalue weighted by Crippen LogP contribution is -2.43. The maximum absolute atomic E-state index is 5.81. The van der Waals surface area contributed by atoms with Crippen molar-refractivity contribution in [2.45, 2.75) is 38.4 Å². The van der Waals surface area contributed by atoms with Crippen molar-refractivity contribution in [2.75, 3.05) is 32.8 Å². The van der Waals surface area contributed by atoms with Crippen LogP contribution in [0.1, 0.15) is 37.0 Å². The molecule has 0 bridgehead atoms. The first kappa shape index (κ1) is 13.0. The average Bonchev–Trinajstić information content (AvgIpc) is 2.87. The minimum Gasteiger partial charge on any atom is -0.377 e. The van der Waals surface area contributed by atoms with Crippen LogP contribution >= 0.6 is 0 Å². The van der Waals surface area contributed by atoms with Crippen LogP contribution in [0.4, 0.5) is 0 Å². The Morgan fingerprint density at radius 1 is 1.32 bits per heavy atom. The number of rotatable bonds is 3. The first-order valence-corrected chi connectivity index (χ1v) is 7.16. The third-order valence-corrected chi connectivity index (χ3v) is 3.79. The minimum absolute atomic E-state index is 0.0118. The lowest BCUT2D eigenvalue weighted by Gasteiger charge is -2.35. The van der Waals surface area contributed by atoms with E-state index < -0.39 is 0 Å². The molecule has 2 saturated heterocycles. The summed E-state index contributed by atoms with van der Waals surface area (Å²) in [5.74, 6) is 1.61. The fourth-order valence-corrected chi connectivity index (χ4v) is 2.77. The Kier molecular flexibility index (Phi) is 4.10. The molecule has 0 aromatic carbocycles. The highest BCUT2D eigenvalue weighted by atomic mass is 16.5. The summed E-state index contributed by atoms with van der Waals surface area (Å²) in [7, 11) is 0. The molecular formula is C13H22N4O2. The largest absolute Gasteiger partial charge is 0.377 e. The Hall–Kier alpha value is -0.980. The Balaban J connectivity index is 1.55. The molecule has 3 rings (SSSR count). The summed E-state index contributed by atoms with van der Waals surface area (Å²) in [4.78, 5) is 6.78. The van der Waals surface area contributed by atoms with E-state index in [1.165, 1.54) is 19.3 Å². The van der Waals surface area contributed by atoms with E-state index in [1.54, 1.807) is 0 Å². The number of nitrogens with zero attached hydrogens (tertiary/aromatic N) is 3. The van der Waals surface area contributed by atoms with Gasteiger partial charge in [0.25, 0.3) is 0 Å². The first-order valence-electron chi connectivity index (χ1n) is 7.16. The zero-order chi connectivity index (χ0) is 13.1. The summed E-state index contributed by atoms with van der Waals surface area (Å²) in [6.07, 6.45) is 4.06. The smallest absolute Gasteiger partial charge is 0.180 e. The summed E-state index contributed by atoms with van der Waals surface area (Å²) in [6.45, 7) is 6.40. The number of ether oxygens (including phenoxy) is 2. The van der Waals surface area contributed by atoms with E-state index in [9.17, 15) is 0 Å². The van der Waals surface area contributed by atoms with Gasteiger partial charge < -0.3 is 9.47 Å². The molecule has 2 aliphatic rings. The van der Waals surface area contributed by atoms with Gasteiger partial charge in [0.15, 0.2) is 5.82 Å². The molecule has 1 aromatic heterocycles. The van der Waals surface area contributed by atoms with E-state index in [-0.39, 0.29) is 6.10 Å². The van der Waals surface area contributed by atoms with Gasteiger partial charge in [0.05, 0.1) is 12.7 Å². The minimum atomic E-state index is -0.0118. The van der Waals surface area contributed by atoms with Gasteiger partial charge >= 0.3 is 0 Å². The SMILES string of the molecule is Cc1nc([C@H]2CN(C[C@@H]3CCCCO3)CCO2)n[nH]1. The van der Waals surface area contributed by atoms with E-state index in [0.29, 0.717) is 6.10 Å². The third-order valence-electron chi connectivity index (χ3n) is 3.79. The predicted octanol–water partition coefficient (Wildman–Crippen LogP) is 1.06. The highest BCUT2D eigenvalue weighted by Crippen LogP contribution is 2.21. The molecule has 106 valence electrons. The lowest BCUT2D eigenvalue weighted by molar-refractivity contribution is -0.0636. The second-order valence-corrected chi connectivity index (χ2v) is 5.39. The molecule has 3 heterocycles. The van der Waals surface area contributed by atoms with Crippen LogP contribution in [0.2, 0.25) is 0 Å². The molecule has 6 heteroatoms. The first-order chi connectivity index (χ1) is 9.31. The van der Waals surface area contributed by atoms with Crippen molar-refractivity contribution in [3.8, 4) is 0 Å². The topological polar surface area (TPSA) is 63.3 Å². The van der Waals surface area contributed by atoms with E-state index in [0.717, 1.165) is 44.5 Å². The number of H-pyrrole nitrogens is 1. The highest BCUT2D eigenvalue weighted by Gasteiger charge is 2.27. The molecule has 19 heavy (non-hydrogen) atoms. The molecule has 0 aliphatic carbocycles. The lowest BCUT2D eigenvalue weighted by atomic mass is 10.1. The zero-order valence-electron chi connectivity index (χ0n) is 11.5. The Labute approximate surface area is 113 Å². The van der Waals surface area contributed by atoms with E-state index in [1.807, 2.05) is 6.92 Å². The molecule has 2 atom stereocenters. The van der Waals surface area contributed by atoms with Crippen molar-refractivity contribution >= 4 is 0 Å². The van der Waals surface area contributed by atoms with Gasteiger partial charge in [-0.25, -0.2) is 4.98 Å². The third kappa shape index (κ3) is 3.32. The van der Waals surface area contributed by atoms with Gasteiger partial charge in [0.1, 0.15) is 11.9 Å². The van der Waals surface area contributed by atoms with Gasteiger partial charge in [-0.05, 0) is 26.2 Å². The van der Waals surface area contributed by atoms with E-state index >= 15 is 0 Å². The maximum atomic E-state index is 5.81. The zero-order valence-corrected chi connectivity index (χ0v) is 11.5. The molecule has 1 aromatic rings. The highest BCUT2D eigenvalue weighted by molar-refractivity contribution is 4.95. The molecule has 0 unspecified atom stereocenters. The van der Waals surface area contributed by atoms with Crippen LogP contribution in [0, 0.1) is 6.92 Å². The van der Waals surface area contributed by atoms with Crippen LogP contribution in [0.3, 0.4) is 0 Å². The second kappa shape index (κ2) is 5.98. The molecule has 0 amide bonds. The Morgan fingerprint density at radius 3 is 3.00 bits per heavy atom. The van der Waals surface area contributed by atoms with Gasteiger partial charge in [0, 0.05) is 26.2 Å². The van der Waals surface area contributed by atoms with Crippen LogP contribution in [-0.4, -0.2) is 59.0 Å². The summed E-state index contributed by atoms with van der Waals surface area (Å²) in [5.41, 5.74) is 0. The monoisotopic (exact) mass is 266 g/mol. The molecule has 2 fully saturated rings. The van der Waals surface area contributed by atoms with Gasteiger partial charge in [-0.15, -0.1) is 0 Å². The van der Waals surface area contributed by atoms with Crippen LogP contribution in [0.15, 0.2) is 0 Å². The van der Waals surface area contributed by atoms with Crippen molar-refractivity contribution in [1.82, 2.24) is 20.1 Å². The summed E-state index contributed by atoms with van der Waals surface area (Å²) in [6, 6.07) is 0. The fraction of sp³-hybridized carbons (Fsp3) is 0.846. The van der Waals surface area contributed by atoms with Crippen molar-refractivity contribution < 1.29 is 9.47 Å². The number of aromatic amines is 1. The van der Waals surface area contributed by atoms with Crippen LogP contribution in [-0.2, 0) is 9.47 Å². The summed E-state index contributed by atoms with van der Waals surface area (Å²) < 4.78 is 11.6. The quantitative estimate of drug-likeness (QED) is 0.886. The Bertz CT molecular complexity index is 403. The van der Waals surface area contributed by atoms with Gasteiger partial charge in [-0.3, -0.25) is 10.00 Å². The number of hydrogen-bond donors (Lipinski definition) is 1. The fourth-order valence-electron chi connectivity index (χ4n) is 2.77. The number of morpholine rings is 1.